The number of nitrogens with one attached hydrogen (secondary N) is 2. The summed E-state index contributed by atoms with van der Waals surface area (Å²) in [6.07, 6.45) is 0. The molecule has 0 unspecified atom stereocenters. The summed E-state index contributed by atoms with van der Waals surface area (Å²) in [6, 6.07) is 8.13. The third kappa shape index (κ3) is 5.06. The van der Waals surface area contributed by atoms with Gasteiger partial charge >= 0.3 is 0 Å². The van der Waals surface area contributed by atoms with E-state index < -0.39 is 22.4 Å². The highest BCUT2D eigenvalue weighted by Gasteiger charge is 2.17. The fourth-order valence-electron chi connectivity index (χ4n) is 1.84. The van der Waals surface area contributed by atoms with Gasteiger partial charge in [0, 0.05) is 16.7 Å². The van der Waals surface area contributed by atoms with Crippen molar-refractivity contribution in [1.29, 1.82) is 0 Å². The maximum atomic E-state index is 12.0. The van der Waals surface area contributed by atoms with E-state index in [9.17, 15) is 19.7 Å². The summed E-state index contributed by atoms with van der Waals surface area (Å²) >= 11 is 17.4. The number of carbonyl (C=O) groups excluding carboxylic acids is 2. The number of carbonyl (C=O) groups is 2. The Labute approximate surface area is 157 Å². The molecule has 0 bridgehead atoms. The van der Waals surface area contributed by atoms with Crippen molar-refractivity contribution in [2.24, 2.45) is 0 Å². The van der Waals surface area contributed by atoms with Crippen molar-refractivity contribution in [3.05, 3.63) is 67.1 Å². The van der Waals surface area contributed by atoms with Gasteiger partial charge in [-0.2, -0.15) is 0 Å². The number of nitro benzene ring substituents is 1. The minimum absolute atomic E-state index is 0.00434. The molecule has 2 aromatic carbocycles. The van der Waals surface area contributed by atoms with Crippen LogP contribution in [0.25, 0.3) is 0 Å². The van der Waals surface area contributed by atoms with Crippen LogP contribution in [0.15, 0.2) is 36.4 Å². The first-order valence-corrected chi connectivity index (χ1v) is 7.88. The van der Waals surface area contributed by atoms with Gasteiger partial charge in [-0.25, -0.2) is 0 Å². The third-order valence-electron chi connectivity index (χ3n) is 3.02. The minimum atomic E-state index is -0.701. The summed E-state index contributed by atoms with van der Waals surface area (Å²) in [6.45, 7) is -0.363. The summed E-state index contributed by atoms with van der Waals surface area (Å²) in [7, 11) is 0. The topological polar surface area (TPSA) is 101 Å². The number of nitrogens with zero attached hydrogens (tertiary/aromatic N) is 1. The lowest BCUT2D eigenvalue weighted by atomic mass is 10.2. The smallest absolute Gasteiger partial charge is 0.288 e. The summed E-state index contributed by atoms with van der Waals surface area (Å²) in [5.41, 5.74) is -0.0929. The van der Waals surface area contributed by atoms with Crippen LogP contribution in [0.1, 0.15) is 10.4 Å². The molecule has 0 saturated carbocycles. The molecule has 0 saturated heterocycles. The van der Waals surface area contributed by atoms with Gasteiger partial charge in [-0.3, -0.25) is 19.7 Å². The van der Waals surface area contributed by atoms with E-state index >= 15 is 0 Å². The van der Waals surface area contributed by atoms with E-state index in [0.717, 1.165) is 6.07 Å². The molecular formula is C15H10Cl3N3O4. The second-order valence-electron chi connectivity index (χ2n) is 4.78. The molecule has 2 N–H and O–H groups in total. The van der Waals surface area contributed by atoms with Crippen LogP contribution in [-0.2, 0) is 4.79 Å². The van der Waals surface area contributed by atoms with Gasteiger partial charge in [-0.15, -0.1) is 0 Å². The molecule has 10 heteroatoms. The van der Waals surface area contributed by atoms with E-state index in [2.05, 4.69) is 10.6 Å². The second-order valence-corrected chi connectivity index (χ2v) is 6.03. The first-order valence-electron chi connectivity index (χ1n) is 6.75. The fourth-order valence-corrected chi connectivity index (χ4v) is 2.37. The van der Waals surface area contributed by atoms with Crippen LogP contribution in [-0.4, -0.2) is 23.3 Å². The fraction of sp³-hybridized carbons (Fsp3) is 0.0667. The molecular weight excluding hydrogens is 393 g/mol. The van der Waals surface area contributed by atoms with Crippen molar-refractivity contribution in [2.45, 2.75) is 0 Å². The van der Waals surface area contributed by atoms with E-state index in [1.807, 2.05) is 0 Å². The number of anilines is 1. The predicted molar refractivity (Wildman–Crippen MR) is 95.5 cm³/mol. The number of rotatable bonds is 5. The van der Waals surface area contributed by atoms with Gasteiger partial charge in [0.2, 0.25) is 5.91 Å². The van der Waals surface area contributed by atoms with Gasteiger partial charge in [0.25, 0.3) is 11.6 Å². The highest BCUT2D eigenvalue weighted by molar-refractivity contribution is 6.35. The molecule has 0 radical (unpaired) electrons. The van der Waals surface area contributed by atoms with Crippen LogP contribution in [0.3, 0.4) is 0 Å². The monoisotopic (exact) mass is 401 g/mol. The molecule has 0 aliphatic rings. The van der Waals surface area contributed by atoms with Crippen molar-refractivity contribution in [1.82, 2.24) is 5.32 Å². The zero-order valence-electron chi connectivity index (χ0n) is 12.4. The molecule has 0 atom stereocenters. The van der Waals surface area contributed by atoms with E-state index in [-0.39, 0.29) is 22.2 Å². The summed E-state index contributed by atoms with van der Waals surface area (Å²) in [5.74, 6) is -1.20. The Balaban J connectivity index is 2.00. The first kappa shape index (κ1) is 19.0. The van der Waals surface area contributed by atoms with E-state index in [4.69, 9.17) is 34.8 Å². The van der Waals surface area contributed by atoms with E-state index in [0.29, 0.717) is 10.7 Å². The molecule has 0 spiro atoms. The molecule has 0 aromatic heterocycles. The van der Waals surface area contributed by atoms with Crippen LogP contribution in [0.5, 0.6) is 0 Å². The average Bonchev–Trinajstić information content (AvgIpc) is 2.56. The van der Waals surface area contributed by atoms with Gasteiger partial charge in [0.1, 0.15) is 5.02 Å². The Kier molecular flexibility index (Phi) is 6.19. The average molecular weight is 403 g/mol. The van der Waals surface area contributed by atoms with Crippen molar-refractivity contribution >= 4 is 58.0 Å². The maximum absolute atomic E-state index is 12.0. The number of hydrogen-bond donors (Lipinski definition) is 2. The van der Waals surface area contributed by atoms with Crippen LogP contribution < -0.4 is 10.6 Å². The standard InChI is InChI=1S/C15H10Cl3N3O4/c16-9-2-4-10(17)12(6-9)20-14(22)7-19-15(23)8-1-3-11(18)13(5-8)21(24)25/h1-6H,7H2,(H,19,23)(H,20,22). The van der Waals surface area contributed by atoms with Crippen LogP contribution in [0, 0.1) is 10.1 Å². The third-order valence-corrected chi connectivity index (χ3v) is 3.90. The lowest BCUT2D eigenvalue weighted by Crippen LogP contribution is -2.32. The van der Waals surface area contributed by atoms with E-state index in [1.54, 1.807) is 6.07 Å². The van der Waals surface area contributed by atoms with Gasteiger partial charge in [-0.05, 0) is 30.3 Å². The summed E-state index contributed by atoms with van der Waals surface area (Å²) < 4.78 is 0. The highest BCUT2D eigenvalue weighted by atomic mass is 35.5. The Morgan fingerprint density at radius 2 is 1.72 bits per heavy atom. The van der Waals surface area contributed by atoms with Crippen LogP contribution >= 0.6 is 34.8 Å². The molecule has 0 fully saturated rings. The largest absolute Gasteiger partial charge is 0.343 e. The summed E-state index contributed by atoms with van der Waals surface area (Å²) in [4.78, 5) is 34.0. The number of halogens is 3. The van der Waals surface area contributed by atoms with Crippen molar-refractivity contribution in [2.75, 3.05) is 11.9 Å². The molecule has 2 amide bonds. The van der Waals surface area contributed by atoms with Gasteiger partial charge in [0.05, 0.1) is 22.2 Å². The second kappa shape index (κ2) is 8.15. The number of amides is 2. The lowest BCUT2D eigenvalue weighted by molar-refractivity contribution is -0.384. The molecule has 0 aliphatic heterocycles. The normalized spacial score (nSPS) is 10.2. The zero-order chi connectivity index (χ0) is 18.6. The molecule has 0 aliphatic carbocycles. The molecule has 7 nitrogen and oxygen atoms in total. The zero-order valence-corrected chi connectivity index (χ0v) is 14.7. The SMILES string of the molecule is O=C(CNC(=O)c1ccc(Cl)c([N+](=O)[O-])c1)Nc1cc(Cl)ccc1Cl. The predicted octanol–water partition coefficient (Wildman–Crippen LogP) is 3.92. The van der Waals surface area contributed by atoms with Crippen molar-refractivity contribution in [3.63, 3.8) is 0 Å². The molecule has 130 valence electrons. The van der Waals surface area contributed by atoms with Gasteiger partial charge in [-0.1, -0.05) is 34.8 Å². The Morgan fingerprint density at radius 3 is 2.40 bits per heavy atom. The molecule has 2 aromatic rings. The molecule has 25 heavy (non-hydrogen) atoms. The lowest BCUT2D eigenvalue weighted by Gasteiger charge is -2.09. The van der Waals surface area contributed by atoms with E-state index in [1.165, 1.54) is 24.3 Å². The van der Waals surface area contributed by atoms with Gasteiger partial charge in [0.15, 0.2) is 0 Å². The Bertz CT molecular complexity index is 858. The maximum Gasteiger partial charge on any atom is 0.288 e. The number of nitro groups is 1. The van der Waals surface area contributed by atoms with Crippen LogP contribution in [0.4, 0.5) is 11.4 Å². The number of benzene rings is 2. The minimum Gasteiger partial charge on any atom is -0.343 e. The van der Waals surface area contributed by atoms with Crippen LogP contribution in [0.2, 0.25) is 15.1 Å². The van der Waals surface area contributed by atoms with Crippen molar-refractivity contribution < 1.29 is 14.5 Å². The molecule has 0 heterocycles. The molecule has 2 rings (SSSR count). The highest BCUT2D eigenvalue weighted by Crippen LogP contribution is 2.26. The Morgan fingerprint density at radius 1 is 1.04 bits per heavy atom. The quantitative estimate of drug-likeness (QED) is 0.584. The van der Waals surface area contributed by atoms with Crippen molar-refractivity contribution in [3.8, 4) is 0 Å². The Hall–Kier alpha value is -2.35. The van der Waals surface area contributed by atoms with Gasteiger partial charge < -0.3 is 10.6 Å². The number of hydrogen-bond acceptors (Lipinski definition) is 4. The summed E-state index contributed by atoms with van der Waals surface area (Å²) in [5, 5.41) is 16.3. The first-order chi connectivity index (χ1) is 11.8.